The Morgan fingerprint density at radius 1 is 1.19 bits per heavy atom. The van der Waals surface area contributed by atoms with E-state index in [2.05, 4.69) is 0 Å². The van der Waals surface area contributed by atoms with E-state index in [1.165, 1.54) is 6.07 Å². The first-order chi connectivity index (χ1) is 7.43. The van der Waals surface area contributed by atoms with Gasteiger partial charge in [0, 0.05) is 11.6 Å². The molecule has 0 aromatic heterocycles. The quantitative estimate of drug-likeness (QED) is 0.853. The average Bonchev–Trinajstić information content (AvgIpc) is 2.20. The second-order valence-electron chi connectivity index (χ2n) is 4.51. The summed E-state index contributed by atoms with van der Waals surface area (Å²) in [5.74, 6) is 0.279. The van der Waals surface area contributed by atoms with Crippen LogP contribution in [0.25, 0.3) is 0 Å². The van der Waals surface area contributed by atoms with Crippen LogP contribution in [0.3, 0.4) is 0 Å². The van der Waals surface area contributed by atoms with Gasteiger partial charge in [0.25, 0.3) is 0 Å². The molecular weight excluding hydrogens is 205 g/mol. The zero-order chi connectivity index (χ0) is 12.3. The summed E-state index contributed by atoms with van der Waals surface area (Å²) in [5.41, 5.74) is 6.50. The second-order valence-corrected chi connectivity index (χ2v) is 4.51. The molecule has 1 aromatic rings. The smallest absolute Gasteiger partial charge is 0.165 e. The van der Waals surface area contributed by atoms with Crippen LogP contribution in [-0.2, 0) is 0 Å². The molecule has 2 unspecified atom stereocenters. The molecule has 0 fully saturated rings. The van der Waals surface area contributed by atoms with Crippen molar-refractivity contribution in [1.82, 2.24) is 0 Å². The van der Waals surface area contributed by atoms with Crippen molar-refractivity contribution in [3.63, 3.8) is 0 Å². The van der Waals surface area contributed by atoms with Crippen LogP contribution >= 0.6 is 0 Å². The van der Waals surface area contributed by atoms with Gasteiger partial charge in [-0.3, -0.25) is 0 Å². The fraction of sp³-hybridized carbons (Fsp3) is 0.538. The molecule has 90 valence electrons. The molecule has 0 saturated heterocycles. The van der Waals surface area contributed by atoms with Crippen LogP contribution in [0.4, 0.5) is 4.39 Å². The molecule has 1 rings (SSSR count). The maximum absolute atomic E-state index is 13.7. The van der Waals surface area contributed by atoms with Crippen LogP contribution in [0.2, 0.25) is 0 Å². The van der Waals surface area contributed by atoms with Gasteiger partial charge in [-0.15, -0.1) is 0 Å². The van der Waals surface area contributed by atoms with E-state index < -0.39 is 0 Å². The molecule has 16 heavy (non-hydrogen) atoms. The van der Waals surface area contributed by atoms with E-state index in [0.717, 1.165) is 0 Å². The Balaban J connectivity index is 3.01. The Labute approximate surface area is 96.6 Å². The van der Waals surface area contributed by atoms with Crippen molar-refractivity contribution < 1.29 is 9.13 Å². The van der Waals surface area contributed by atoms with Crippen LogP contribution in [0.1, 0.15) is 39.3 Å². The Hall–Kier alpha value is -1.09. The van der Waals surface area contributed by atoms with Gasteiger partial charge in [-0.25, -0.2) is 4.39 Å². The summed E-state index contributed by atoms with van der Waals surface area (Å²) in [6.07, 6.45) is -0.0330. The van der Waals surface area contributed by atoms with Gasteiger partial charge in [-0.2, -0.15) is 0 Å². The third-order valence-electron chi connectivity index (χ3n) is 2.73. The monoisotopic (exact) mass is 225 g/mol. The number of para-hydroxylation sites is 1. The Kier molecular flexibility index (Phi) is 4.30. The lowest BCUT2D eigenvalue weighted by Gasteiger charge is -2.21. The molecule has 0 aliphatic heterocycles. The number of rotatable bonds is 4. The molecule has 3 heteroatoms. The minimum atomic E-state index is -0.345. The summed E-state index contributed by atoms with van der Waals surface area (Å²) in [4.78, 5) is 0. The molecule has 0 amide bonds. The minimum Gasteiger partial charge on any atom is -0.487 e. The van der Waals surface area contributed by atoms with Crippen LogP contribution in [-0.4, -0.2) is 6.10 Å². The van der Waals surface area contributed by atoms with Crippen molar-refractivity contribution in [3.8, 4) is 5.75 Å². The molecule has 2 N–H and O–H groups in total. The molecule has 0 radical (unpaired) electrons. The maximum atomic E-state index is 13.7. The standard InChI is InChI=1S/C13H20FNO/c1-8(2)10(4)16-13-11(9(3)15)6-5-7-12(13)14/h5-10H,15H2,1-4H3. The first kappa shape index (κ1) is 13.0. The largest absolute Gasteiger partial charge is 0.487 e. The SMILES string of the molecule is CC(N)c1cccc(F)c1OC(C)C(C)C. The van der Waals surface area contributed by atoms with Crippen LogP contribution in [0.15, 0.2) is 18.2 Å². The highest BCUT2D eigenvalue weighted by Gasteiger charge is 2.17. The summed E-state index contributed by atoms with van der Waals surface area (Å²) >= 11 is 0. The Morgan fingerprint density at radius 2 is 1.81 bits per heavy atom. The van der Waals surface area contributed by atoms with E-state index >= 15 is 0 Å². The van der Waals surface area contributed by atoms with E-state index in [9.17, 15) is 4.39 Å². The fourth-order valence-electron chi connectivity index (χ4n) is 1.33. The molecule has 0 bridgehead atoms. The van der Waals surface area contributed by atoms with Gasteiger partial charge in [0.15, 0.2) is 11.6 Å². The first-order valence-corrected chi connectivity index (χ1v) is 5.64. The van der Waals surface area contributed by atoms with Gasteiger partial charge in [0.1, 0.15) is 0 Å². The van der Waals surface area contributed by atoms with Crippen LogP contribution in [0.5, 0.6) is 5.75 Å². The topological polar surface area (TPSA) is 35.2 Å². The lowest BCUT2D eigenvalue weighted by molar-refractivity contribution is 0.161. The van der Waals surface area contributed by atoms with Gasteiger partial charge in [-0.1, -0.05) is 26.0 Å². The van der Waals surface area contributed by atoms with E-state index in [1.54, 1.807) is 12.1 Å². The molecule has 0 aliphatic carbocycles. The van der Waals surface area contributed by atoms with E-state index in [0.29, 0.717) is 17.2 Å². The van der Waals surface area contributed by atoms with Gasteiger partial charge in [0.2, 0.25) is 0 Å². The average molecular weight is 225 g/mol. The van der Waals surface area contributed by atoms with Crippen molar-refractivity contribution in [2.45, 2.75) is 39.8 Å². The predicted octanol–water partition coefficient (Wildman–Crippen LogP) is 3.27. The van der Waals surface area contributed by atoms with Crippen molar-refractivity contribution in [2.24, 2.45) is 11.7 Å². The van der Waals surface area contributed by atoms with Gasteiger partial charge >= 0.3 is 0 Å². The van der Waals surface area contributed by atoms with Gasteiger partial charge in [0.05, 0.1) is 6.10 Å². The Bertz CT molecular complexity index is 350. The van der Waals surface area contributed by atoms with Crippen molar-refractivity contribution in [2.75, 3.05) is 0 Å². The maximum Gasteiger partial charge on any atom is 0.165 e. The van der Waals surface area contributed by atoms with Crippen LogP contribution < -0.4 is 10.5 Å². The van der Waals surface area contributed by atoms with E-state index in [4.69, 9.17) is 10.5 Å². The molecule has 0 saturated carbocycles. The molecule has 0 aliphatic rings. The highest BCUT2D eigenvalue weighted by atomic mass is 19.1. The predicted molar refractivity (Wildman–Crippen MR) is 63.9 cm³/mol. The zero-order valence-electron chi connectivity index (χ0n) is 10.3. The van der Waals surface area contributed by atoms with E-state index in [1.807, 2.05) is 27.7 Å². The summed E-state index contributed by atoms with van der Waals surface area (Å²) in [6, 6.07) is 4.62. The minimum absolute atomic E-state index is 0.0330. The second kappa shape index (κ2) is 5.30. The molecule has 0 heterocycles. The summed E-state index contributed by atoms with van der Waals surface area (Å²) in [6.45, 7) is 7.83. The molecule has 2 atom stereocenters. The lowest BCUT2D eigenvalue weighted by Crippen LogP contribution is -2.21. The molecule has 1 aromatic carbocycles. The Morgan fingerprint density at radius 3 is 2.31 bits per heavy atom. The number of hydrogen-bond donors (Lipinski definition) is 1. The fourth-order valence-corrected chi connectivity index (χ4v) is 1.33. The number of benzene rings is 1. The first-order valence-electron chi connectivity index (χ1n) is 5.64. The van der Waals surface area contributed by atoms with E-state index in [-0.39, 0.29) is 18.0 Å². The number of hydrogen-bond acceptors (Lipinski definition) is 2. The van der Waals surface area contributed by atoms with Crippen molar-refractivity contribution >= 4 is 0 Å². The normalized spacial score (nSPS) is 14.9. The van der Waals surface area contributed by atoms with Gasteiger partial charge < -0.3 is 10.5 Å². The number of nitrogens with two attached hydrogens (primary N) is 1. The van der Waals surface area contributed by atoms with Gasteiger partial charge in [-0.05, 0) is 25.8 Å². The number of ether oxygens (including phenoxy) is 1. The van der Waals surface area contributed by atoms with Crippen LogP contribution in [0, 0.1) is 11.7 Å². The molecular formula is C13H20FNO. The summed E-state index contributed by atoms with van der Waals surface area (Å²) in [5, 5.41) is 0. The third kappa shape index (κ3) is 2.95. The third-order valence-corrected chi connectivity index (χ3v) is 2.73. The highest BCUT2D eigenvalue weighted by molar-refractivity contribution is 5.37. The zero-order valence-corrected chi connectivity index (χ0v) is 10.3. The summed E-state index contributed by atoms with van der Waals surface area (Å²) in [7, 11) is 0. The van der Waals surface area contributed by atoms with Crippen molar-refractivity contribution in [3.05, 3.63) is 29.6 Å². The summed E-state index contributed by atoms with van der Waals surface area (Å²) < 4.78 is 19.3. The number of halogens is 1. The highest BCUT2D eigenvalue weighted by Crippen LogP contribution is 2.28. The molecule has 2 nitrogen and oxygen atoms in total. The molecule has 0 spiro atoms. The lowest BCUT2D eigenvalue weighted by atomic mass is 10.1. The van der Waals surface area contributed by atoms with Crippen molar-refractivity contribution in [1.29, 1.82) is 0 Å².